The molecule has 0 radical (unpaired) electrons. The molecule has 1 unspecified atom stereocenters. The first-order valence-electron chi connectivity index (χ1n) is 8.03. The smallest absolute Gasteiger partial charge is 0.251 e. The molecular formula is C18H26N2O2. The third kappa shape index (κ3) is 4.88. The van der Waals surface area contributed by atoms with Crippen LogP contribution in [0, 0.1) is 0 Å². The molecule has 0 spiro atoms. The molecule has 1 fully saturated rings. The van der Waals surface area contributed by atoms with Gasteiger partial charge in [0.05, 0.1) is 6.61 Å². The average molecular weight is 302 g/mol. The van der Waals surface area contributed by atoms with Gasteiger partial charge in [-0.25, -0.2) is 0 Å². The Hall–Kier alpha value is -1.81. The minimum Gasteiger partial charge on any atom is -0.382 e. The molecule has 0 saturated carbocycles. The minimum atomic E-state index is -0.362. The van der Waals surface area contributed by atoms with Crippen molar-refractivity contribution in [1.82, 2.24) is 4.90 Å². The Balaban J connectivity index is 1.74. The molecule has 1 N–H and O–H groups in total. The van der Waals surface area contributed by atoms with E-state index in [-0.39, 0.29) is 12.0 Å². The Labute approximate surface area is 133 Å². The van der Waals surface area contributed by atoms with E-state index in [9.17, 15) is 4.79 Å². The van der Waals surface area contributed by atoms with Crippen LogP contribution in [0.3, 0.4) is 0 Å². The van der Waals surface area contributed by atoms with Gasteiger partial charge in [0.2, 0.25) is 0 Å². The van der Waals surface area contributed by atoms with Gasteiger partial charge in [0, 0.05) is 24.8 Å². The lowest BCUT2D eigenvalue weighted by atomic mass is 10.0. The maximum atomic E-state index is 12.3. The summed E-state index contributed by atoms with van der Waals surface area (Å²) in [6.07, 6.45) is 4.16. The average Bonchev–Trinajstić information content (AvgIpc) is 2.56. The topological polar surface area (TPSA) is 41.6 Å². The van der Waals surface area contributed by atoms with Crippen LogP contribution in [-0.4, -0.2) is 42.6 Å². The SMILES string of the molecule is C=CCCOC(C)C(=O)N1CCC(Nc2ccccc2)CC1. The highest BCUT2D eigenvalue weighted by Gasteiger charge is 2.26. The molecule has 1 atom stereocenters. The molecule has 4 nitrogen and oxygen atoms in total. The number of nitrogens with zero attached hydrogens (tertiary/aromatic N) is 1. The van der Waals surface area contributed by atoms with Gasteiger partial charge in [0.1, 0.15) is 6.10 Å². The standard InChI is InChI=1S/C18H26N2O2/c1-3-4-14-22-15(2)18(21)20-12-10-17(11-13-20)19-16-8-6-5-7-9-16/h3,5-9,15,17,19H,1,4,10-14H2,2H3. The van der Waals surface area contributed by atoms with E-state index in [0.717, 1.165) is 38.0 Å². The Kier molecular flexibility index (Phi) is 6.46. The summed E-state index contributed by atoms with van der Waals surface area (Å²) in [7, 11) is 0. The summed E-state index contributed by atoms with van der Waals surface area (Å²) in [6.45, 7) is 7.62. The summed E-state index contributed by atoms with van der Waals surface area (Å²) in [5.74, 6) is 0.0993. The normalized spacial score (nSPS) is 17.0. The van der Waals surface area contributed by atoms with Gasteiger partial charge in [-0.3, -0.25) is 4.79 Å². The lowest BCUT2D eigenvalue weighted by Crippen LogP contribution is -2.46. The molecule has 22 heavy (non-hydrogen) atoms. The van der Waals surface area contributed by atoms with Gasteiger partial charge in [-0.1, -0.05) is 24.3 Å². The van der Waals surface area contributed by atoms with Crippen molar-refractivity contribution in [1.29, 1.82) is 0 Å². The molecule has 0 aliphatic carbocycles. The van der Waals surface area contributed by atoms with Crippen LogP contribution in [0.4, 0.5) is 5.69 Å². The van der Waals surface area contributed by atoms with Crippen molar-refractivity contribution < 1.29 is 9.53 Å². The van der Waals surface area contributed by atoms with Crippen LogP contribution in [-0.2, 0) is 9.53 Å². The summed E-state index contributed by atoms with van der Waals surface area (Å²) in [5, 5.41) is 3.53. The number of piperidine rings is 1. The molecule has 1 heterocycles. The van der Waals surface area contributed by atoms with Crippen LogP contribution in [0.15, 0.2) is 43.0 Å². The van der Waals surface area contributed by atoms with E-state index >= 15 is 0 Å². The first-order valence-corrected chi connectivity index (χ1v) is 8.03. The maximum Gasteiger partial charge on any atom is 0.251 e. The molecule has 1 saturated heterocycles. The Morgan fingerprint density at radius 1 is 1.41 bits per heavy atom. The van der Waals surface area contributed by atoms with E-state index in [1.165, 1.54) is 0 Å². The van der Waals surface area contributed by atoms with E-state index in [1.54, 1.807) is 6.08 Å². The first-order chi connectivity index (χ1) is 10.7. The number of benzene rings is 1. The summed E-state index contributed by atoms with van der Waals surface area (Å²) in [5.41, 5.74) is 1.15. The second-order valence-electron chi connectivity index (χ2n) is 5.70. The monoisotopic (exact) mass is 302 g/mol. The molecule has 1 aliphatic rings. The van der Waals surface area contributed by atoms with Crippen molar-refractivity contribution in [2.45, 2.75) is 38.3 Å². The lowest BCUT2D eigenvalue weighted by Gasteiger charge is -2.34. The van der Waals surface area contributed by atoms with Crippen molar-refractivity contribution in [2.75, 3.05) is 25.0 Å². The first kappa shape index (κ1) is 16.6. The second-order valence-corrected chi connectivity index (χ2v) is 5.70. The van der Waals surface area contributed by atoms with Gasteiger partial charge >= 0.3 is 0 Å². The van der Waals surface area contributed by atoms with Crippen molar-refractivity contribution >= 4 is 11.6 Å². The largest absolute Gasteiger partial charge is 0.382 e. The highest BCUT2D eigenvalue weighted by molar-refractivity contribution is 5.80. The van der Waals surface area contributed by atoms with Gasteiger partial charge in [0.25, 0.3) is 5.91 Å². The van der Waals surface area contributed by atoms with E-state index < -0.39 is 0 Å². The molecule has 4 heteroatoms. The van der Waals surface area contributed by atoms with Gasteiger partial charge < -0.3 is 15.0 Å². The number of carbonyl (C=O) groups excluding carboxylic acids is 1. The number of hydrogen-bond donors (Lipinski definition) is 1. The molecule has 0 bridgehead atoms. The molecule has 1 aromatic rings. The Morgan fingerprint density at radius 3 is 2.73 bits per heavy atom. The van der Waals surface area contributed by atoms with Gasteiger partial charge in [-0.05, 0) is 38.3 Å². The second kappa shape index (κ2) is 8.59. The van der Waals surface area contributed by atoms with Gasteiger partial charge in [-0.15, -0.1) is 6.58 Å². The molecule has 0 aromatic heterocycles. The van der Waals surface area contributed by atoms with Crippen molar-refractivity contribution in [3.63, 3.8) is 0 Å². The third-order valence-electron chi connectivity index (χ3n) is 3.99. The molecule has 2 rings (SSSR count). The number of para-hydroxylation sites is 1. The fraction of sp³-hybridized carbons (Fsp3) is 0.500. The van der Waals surface area contributed by atoms with Crippen LogP contribution < -0.4 is 5.32 Å². The van der Waals surface area contributed by atoms with Crippen LogP contribution in [0.2, 0.25) is 0 Å². The minimum absolute atomic E-state index is 0.0993. The predicted molar refractivity (Wildman–Crippen MR) is 89.9 cm³/mol. The summed E-state index contributed by atoms with van der Waals surface area (Å²) < 4.78 is 5.54. The molecule has 1 amide bonds. The zero-order valence-corrected chi connectivity index (χ0v) is 13.3. The third-order valence-corrected chi connectivity index (χ3v) is 3.99. The van der Waals surface area contributed by atoms with Crippen LogP contribution in [0.5, 0.6) is 0 Å². The molecule has 120 valence electrons. The summed E-state index contributed by atoms with van der Waals surface area (Å²) in [4.78, 5) is 14.2. The maximum absolute atomic E-state index is 12.3. The molecular weight excluding hydrogens is 276 g/mol. The number of nitrogens with one attached hydrogen (secondary N) is 1. The molecule has 1 aliphatic heterocycles. The number of rotatable bonds is 7. The number of likely N-dealkylation sites (tertiary alicyclic amines) is 1. The number of hydrogen-bond acceptors (Lipinski definition) is 3. The van der Waals surface area contributed by atoms with E-state index in [4.69, 9.17) is 4.74 Å². The van der Waals surface area contributed by atoms with Gasteiger partial charge in [0.15, 0.2) is 0 Å². The van der Waals surface area contributed by atoms with Crippen molar-refractivity contribution in [3.8, 4) is 0 Å². The van der Waals surface area contributed by atoms with Crippen LogP contribution in [0.1, 0.15) is 26.2 Å². The Morgan fingerprint density at radius 2 is 2.09 bits per heavy atom. The van der Waals surface area contributed by atoms with Crippen LogP contribution in [0.25, 0.3) is 0 Å². The van der Waals surface area contributed by atoms with E-state index in [1.807, 2.05) is 30.0 Å². The highest BCUT2D eigenvalue weighted by Crippen LogP contribution is 2.17. The zero-order chi connectivity index (χ0) is 15.8. The molecule has 1 aromatic carbocycles. The van der Waals surface area contributed by atoms with Crippen LogP contribution >= 0.6 is 0 Å². The number of ether oxygens (including phenoxy) is 1. The zero-order valence-electron chi connectivity index (χ0n) is 13.3. The highest BCUT2D eigenvalue weighted by atomic mass is 16.5. The predicted octanol–water partition coefficient (Wildman–Crippen LogP) is 3.07. The Bertz CT molecular complexity index is 467. The fourth-order valence-electron chi connectivity index (χ4n) is 2.67. The number of amides is 1. The van der Waals surface area contributed by atoms with Gasteiger partial charge in [-0.2, -0.15) is 0 Å². The fourth-order valence-corrected chi connectivity index (χ4v) is 2.67. The number of anilines is 1. The van der Waals surface area contributed by atoms with Crippen molar-refractivity contribution in [3.05, 3.63) is 43.0 Å². The summed E-state index contributed by atoms with van der Waals surface area (Å²) >= 11 is 0. The quantitative estimate of drug-likeness (QED) is 0.622. The lowest BCUT2D eigenvalue weighted by molar-refractivity contribution is -0.143. The van der Waals surface area contributed by atoms with E-state index in [2.05, 4.69) is 24.0 Å². The van der Waals surface area contributed by atoms with E-state index in [0.29, 0.717) is 12.6 Å². The van der Waals surface area contributed by atoms with Crippen molar-refractivity contribution in [2.24, 2.45) is 0 Å². The number of carbonyl (C=O) groups is 1. The summed E-state index contributed by atoms with van der Waals surface area (Å²) in [6, 6.07) is 10.7.